The molecule has 0 spiro atoms. The van der Waals surface area contributed by atoms with Crippen molar-refractivity contribution in [3.63, 3.8) is 0 Å². The van der Waals surface area contributed by atoms with E-state index in [9.17, 15) is 36.0 Å². The number of nitrogens with zero attached hydrogens (tertiary/aromatic N) is 12. The van der Waals surface area contributed by atoms with Gasteiger partial charge in [-0.3, -0.25) is 4.85 Å². The summed E-state index contributed by atoms with van der Waals surface area (Å²) < 4.78 is 30.4. The van der Waals surface area contributed by atoms with E-state index in [1.807, 2.05) is 18.2 Å². The average molecular weight is 643 g/mol. The number of rotatable bonds is 2. The van der Waals surface area contributed by atoms with Crippen LogP contribution in [0.25, 0.3) is 57.8 Å². The van der Waals surface area contributed by atoms with Crippen LogP contribution in [0.4, 0.5) is 20.2 Å². The van der Waals surface area contributed by atoms with E-state index in [2.05, 4.69) is 29.2 Å². The highest BCUT2D eigenvalue weighted by atomic mass is 19.1. The molecule has 1 heterocycles. The summed E-state index contributed by atoms with van der Waals surface area (Å²) in [6, 6.07) is 13.1. The summed E-state index contributed by atoms with van der Waals surface area (Å²) in [5, 5.41) is 61.9. The van der Waals surface area contributed by atoms with Crippen molar-refractivity contribution in [3.05, 3.63) is 155 Å². The number of hydrogen-bond donors (Lipinski definition) is 0. The Morgan fingerprint density at radius 1 is 0.620 bits per heavy atom. The summed E-state index contributed by atoms with van der Waals surface area (Å²) in [6.07, 6.45) is 0.834. The summed E-state index contributed by atoms with van der Waals surface area (Å²) in [6.45, 7) is 38.4. The van der Waals surface area contributed by atoms with Gasteiger partial charge in [0.2, 0.25) is 11.6 Å². The van der Waals surface area contributed by atoms with Crippen LogP contribution in [-0.2, 0) is 0 Å². The molecule has 0 unspecified atom stereocenters. The van der Waals surface area contributed by atoms with Gasteiger partial charge in [0.15, 0.2) is 11.4 Å². The third-order valence-corrected chi connectivity index (χ3v) is 7.66. The number of allylic oxidation sites excluding steroid dienone is 7. The van der Waals surface area contributed by atoms with Crippen LogP contribution in [0.15, 0.2) is 35.8 Å². The van der Waals surface area contributed by atoms with Crippen molar-refractivity contribution >= 4 is 44.9 Å². The molecule has 0 amide bonds. The topological polar surface area (TPSA) is 177 Å². The van der Waals surface area contributed by atoms with Crippen molar-refractivity contribution in [2.45, 2.75) is 0 Å². The molecule has 14 heteroatoms. The summed E-state index contributed by atoms with van der Waals surface area (Å²) in [5.74, 6) is -2.28. The van der Waals surface area contributed by atoms with Gasteiger partial charge in [0.25, 0.3) is 11.4 Å². The lowest BCUT2D eigenvalue weighted by Gasteiger charge is -2.17. The molecule has 12 nitrogen and oxygen atoms in total. The molecule has 1 aromatic heterocycles. The second kappa shape index (κ2) is 12.3. The first-order chi connectivity index (χ1) is 24.2. The SMILES string of the molecule is [C-]#[N+]C1=C(c2cc([N+]#[C-])c([N+]#[C-])cc2F)/C(=C(/C#N)[N+]#[C-])c2c(C#N)c3c(c(C#N)c21)/C(=C(/C#N)[N+]#[C-])C(c1cc(F)ncc1C#N)=C3C#N. The van der Waals surface area contributed by atoms with E-state index in [4.69, 9.17) is 32.9 Å². The zero-order valence-electron chi connectivity index (χ0n) is 24.4. The second-order valence-electron chi connectivity index (χ2n) is 9.77. The largest absolute Gasteiger partial charge is 0.270 e. The Hall–Kier alpha value is -9.20. The van der Waals surface area contributed by atoms with Gasteiger partial charge in [0, 0.05) is 34.5 Å². The summed E-state index contributed by atoms with van der Waals surface area (Å²) >= 11 is 0. The van der Waals surface area contributed by atoms with E-state index in [1.165, 1.54) is 0 Å². The molecule has 0 atom stereocenters. The zero-order valence-corrected chi connectivity index (χ0v) is 24.4. The fraction of sp³-hybridized carbons (Fsp3) is 0. The van der Waals surface area contributed by atoms with Crippen molar-refractivity contribution in [2.75, 3.05) is 0 Å². The van der Waals surface area contributed by atoms with E-state index in [-0.39, 0.29) is 28.1 Å². The molecule has 3 aromatic rings. The maximum atomic E-state index is 15.8. The van der Waals surface area contributed by atoms with Crippen LogP contribution < -0.4 is 0 Å². The number of benzene rings is 2. The minimum absolute atomic E-state index is 0.315. The van der Waals surface area contributed by atoms with Gasteiger partial charge in [-0.2, -0.15) is 25.4 Å². The highest BCUT2D eigenvalue weighted by Gasteiger charge is 2.44. The highest BCUT2D eigenvalue weighted by Crippen LogP contribution is 2.59. The Kier molecular flexibility index (Phi) is 7.92. The minimum atomic E-state index is -1.15. The quantitative estimate of drug-likeness (QED) is 0.157. The minimum Gasteiger partial charge on any atom is -0.250 e. The van der Waals surface area contributed by atoms with Gasteiger partial charge >= 0.3 is 0 Å². The molecular formula is C36H4F2N12. The van der Waals surface area contributed by atoms with E-state index in [0.29, 0.717) is 6.07 Å². The summed E-state index contributed by atoms with van der Waals surface area (Å²) in [4.78, 5) is 19.7. The van der Waals surface area contributed by atoms with Crippen LogP contribution >= 0.6 is 0 Å². The van der Waals surface area contributed by atoms with Gasteiger partial charge < -0.3 is 0 Å². The standard InChI is InChI=1S/C36H4F2N12/c1-45-23-6-18(22(37)8-24(23)46-2)32-35(26(14-44)48-4)31-20(11-41)29-19(10-40)28(17-7-27(38)50-15-16(17)9-39)34(25(13-43)47-3)30(29)21(12-42)33(31)36(32)49-5/h6-8,15H/b34-25-,35-26-. The van der Waals surface area contributed by atoms with Crippen molar-refractivity contribution in [3.8, 4) is 36.4 Å². The molecule has 222 valence electrons. The third-order valence-electron chi connectivity index (χ3n) is 7.66. The summed E-state index contributed by atoms with van der Waals surface area (Å²) in [5.41, 5.74) is -9.03. The molecule has 2 aliphatic rings. The van der Waals surface area contributed by atoms with E-state index >= 15 is 4.39 Å². The van der Waals surface area contributed by atoms with Crippen LogP contribution in [0.2, 0.25) is 0 Å². The lowest BCUT2D eigenvalue weighted by molar-refractivity contribution is 0.583. The predicted octanol–water partition coefficient (Wildman–Crippen LogP) is 7.63. The van der Waals surface area contributed by atoms with Gasteiger partial charge in [-0.1, -0.05) is 6.07 Å². The van der Waals surface area contributed by atoms with Gasteiger partial charge in [0.1, 0.15) is 24.0 Å². The van der Waals surface area contributed by atoms with Gasteiger partial charge in [-0.25, -0.2) is 39.3 Å². The van der Waals surface area contributed by atoms with Gasteiger partial charge in [-0.05, 0) is 39.5 Å². The molecule has 5 rings (SSSR count). The molecule has 0 saturated carbocycles. The molecule has 0 saturated heterocycles. The normalized spacial score (nSPS) is 13.9. The Labute approximate surface area is 281 Å². The van der Waals surface area contributed by atoms with Crippen molar-refractivity contribution in [2.24, 2.45) is 0 Å². The predicted molar refractivity (Wildman–Crippen MR) is 168 cm³/mol. The second-order valence-corrected chi connectivity index (χ2v) is 9.77. The number of nitriles is 6. The Morgan fingerprint density at radius 2 is 1.18 bits per heavy atom. The highest BCUT2D eigenvalue weighted by molar-refractivity contribution is 6.31. The van der Waals surface area contributed by atoms with Crippen LogP contribution in [0.1, 0.15) is 50.1 Å². The van der Waals surface area contributed by atoms with Gasteiger partial charge in [0.05, 0.1) is 73.3 Å². The molecule has 0 radical (unpaired) electrons. The van der Waals surface area contributed by atoms with Crippen LogP contribution in [0, 0.1) is 113 Å². The Bertz CT molecular complexity index is 2810. The van der Waals surface area contributed by atoms with Crippen LogP contribution in [-0.4, -0.2) is 4.98 Å². The Balaban J connectivity index is 2.15. The maximum absolute atomic E-state index is 15.8. The lowest BCUT2D eigenvalue weighted by atomic mass is 9.83. The number of fused-ring (bicyclic) bond motifs is 2. The third kappa shape index (κ3) is 4.28. The number of hydrogen-bond acceptors (Lipinski definition) is 7. The molecule has 0 N–H and O–H groups in total. The lowest BCUT2D eigenvalue weighted by Crippen LogP contribution is -2.04. The van der Waals surface area contributed by atoms with Crippen molar-refractivity contribution in [1.29, 1.82) is 31.6 Å². The fourth-order valence-electron chi connectivity index (χ4n) is 5.85. The Morgan fingerprint density at radius 3 is 1.68 bits per heavy atom. The fourth-order valence-corrected chi connectivity index (χ4v) is 5.85. The van der Waals surface area contributed by atoms with E-state index in [1.54, 1.807) is 18.2 Å². The van der Waals surface area contributed by atoms with Gasteiger partial charge in [-0.15, -0.1) is 0 Å². The van der Waals surface area contributed by atoms with Crippen molar-refractivity contribution in [1.82, 2.24) is 4.98 Å². The summed E-state index contributed by atoms with van der Waals surface area (Å²) in [7, 11) is 0. The number of aromatic nitrogens is 1. The molecular weight excluding hydrogens is 638 g/mol. The van der Waals surface area contributed by atoms with Crippen molar-refractivity contribution < 1.29 is 8.78 Å². The first-order valence-electron chi connectivity index (χ1n) is 13.2. The molecule has 2 aromatic carbocycles. The van der Waals surface area contributed by atoms with Crippen LogP contribution in [0.5, 0.6) is 0 Å². The molecule has 0 aliphatic heterocycles. The zero-order chi connectivity index (χ0) is 36.4. The number of pyridine rings is 1. The molecule has 50 heavy (non-hydrogen) atoms. The maximum Gasteiger partial charge on any atom is 0.270 e. The molecule has 2 aliphatic carbocycles. The monoisotopic (exact) mass is 642 g/mol. The first-order valence-corrected chi connectivity index (χ1v) is 13.2. The van der Waals surface area contributed by atoms with Crippen LogP contribution in [0.3, 0.4) is 0 Å². The van der Waals surface area contributed by atoms with E-state index in [0.717, 1.165) is 18.3 Å². The molecule has 0 fully saturated rings. The average Bonchev–Trinajstić information content (AvgIpc) is 3.65. The van der Waals surface area contributed by atoms with E-state index < -0.39 is 90.1 Å². The molecule has 0 bridgehead atoms. The number of halogens is 2. The first kappa shape index (κ1) is 32.2. The smallest absolute Gasteiger partial charge is 0.250 e.